The molecule has 1 aliphatic rings. The summed E-state index contributed by atoms with van der Waals surface area (Å²) in [6.07, 6.45) is 0.438. The smallest absolute Gasteiger partial charge is 0.317 e. The SMILES string of the molecule is CC(C)NS(=O)(=O)NCCNC(=O)N1CCC(C(=O)O)C1. The maximum atomic E-state index is 11.7. The second-order valence-corrected chi connectivity index (χ2v) is 6.70. The van der Waals surface area contributed by atoms with Crippen LogP contribution in [-0.2, 0) is 15.0 Å². The number of amides is 2. The first-order chi connectivity index (χ1) is 9.71. The van der Waals surface area contributed by atoms with Crippen LogP contribution in [0.1, 0.15) is 20.3 Å². The molecule has 0 saturated carbocycles. The summed E-state index contributed by atoms with van der Waals surface area (Å²) in [4.78, 5) is 23.9. The minimum atomic E-state index is -3.56. The van der Waals surface area contributed by atoms with E-state index in [-0.39, 0.29) is 31.7 Å². The van der Waals surface area contributed by atoms with E-state index in [4.69, 9.17) is 5.11 Å². The molecule has 0 spiro atoms. The number of carbonyl (C=O) groups is 2. The van der Waals surface area contributed by atoms with E-state index in [1.165, 1.54) is 4.90 Å². The highest BCUT2D eigenvalue weighted by Gasteiger charge is 2.30. The van der Waals surface area contributed by atoms with E-state index in [1.807, 2.05) is 0 Å². The fourth-order valence-electron chi connectivity index (χ4n) is 1.96. The van der Waals surface area contributed by atoms with Crippen molar-refractivity contribution in [3.63, 3.8) is 0 Å². The van der Waals surface area contributed by atoms with Crippen LogP contribution in [0, 0.1) is 5.92 Å². The Morgan fingerprint density at radius 3 is 2.52 bits per heavy atom. The van der Waals surface area contributed by atoms with Crippen molar-refractivity contribution in [2.75, 3.05) is 26.2 Å². The Morgan fingerprint density at radius 2 is 2.00 bits per heavy atom. The number of aliphatic carboxylic acids is 1. The van der Waals surface area contributed by atoms with Gasteiger partial charge in [0.2, 0.25) is 0 Å². The van der Waals surface area contributed by atoms with Crippen molar-refractivity contribution in [2.45, 2.75) is 26.3 Å². The molecule has 1 atom stereocenters. The molecule has 0 aliphatic carbocycles. The van der Waals surface area contributed by atoms with Gasteiger partial charge in [0.1, 0.15) is 0 Å². The van der Waals surface area contributed by atoms with Crippen molar-refractivity contribution in [3.8, 4) is 0 Å². The maximum absolute atomic E-state index is 11.7. The number of carboxylic acids is 1. The Bertz CT molecular complexity index is 479. The third-order valence-corrected chi connectivity index (χ3v) is 4.27. The van der Waals surface area contributed by atoms with Crippen LogP contribution in [0.4, 0.5) is 4.79 Å². The summed E-state index contributed by atoms with van der Waals surface area (Å²) in [7, 11) is -3.56. The molecule has 0 aromatic rings. The Kier molecular flexibility index (Phi) is 6.37. The summed E-state index contributed by atoms with van der Waals surface area (Å²) in [6, 6.07) is -0.593. The molecular weight excluding hydrogens is 300 g/mol. The Hall–Kier alpha value is -1.39. The van der Waals surface area contributed by atoms with Crippen LogP contribution in [0.15, 0.2) is 0 Å². The lowest BCUT2D eigenvalue weighted by Gasteiger charge is -2.17. The molecule has 1 rings (SSSR count). The van der Waals surface area contributed by atoms with Gasteiger partial charge >= 0.3 is 12.0 Å². The van der Waals surface area contributed by atoms with Crippen LogP contribution < -0.4 is 14.8 Å². The van der Waals surface area contributed by atoms with E-state index < -0.39 is 22.1 Å². The largest absolute Gasteiger partial charge is 0.481 e. The predicted octanol–water partition coefficient (Wildman–Crippen LogP) is -1.07. The van der Waals surface area contributed by atoms with Crippen LogP contribution in [0.3, 0.4) is 0 Å². The lowest BCUT2D eigenvalue weighted by Crippen LogP contribution is -2.45. The quantitative estimate of drug-likeness (QED) is 0.444. The van der Waals surface area contributed by atoms with Crippen molar-refractivity contribution >= 4 is 22.2 Å². The second-order valence-electron chi connectivity index (χ2n) is 5.17. The van der Waals surface area contributed by atoms with Gasteiger partial charge in [-0.05, 0) is 20.3 Å². The monoisotopic (exact) mass is 322 g/mol. The predicted molar refractivity (Wildman–Crippen MR) is 75.9 cm³/mol. The molecule has 4 N–H and O–H groups in total. The highest BCUT2D eigenvalue weighted by atomic mass is 32.2. The van der Waals surface area contributed by atoms with E-state index in [0.29, 0.717) is 13.0 Å². The maximum Gasteiger partial charge on any atom is 0.317 e. The normalized spacial score (nSPS) is 19.0. The van der Waals surface area contributed by atoms with E-state index in [0.717, 1.165) is 0 Å². The van der Waals surface area contributed by atoms with Crippen LogP contribution in [0.5, 0.6) is 0 Å². The van der Waals surface area contributed by atoms with Crippen molar-refractivity contribution in [3.05, 3.63) is 0 Å². The van der Waals surface area contributed by atoms with Gasteiger partial charge in [-0.25, -0.2) is 9.52 Å². The summed E-state index contributed by atoms with van der Waals surface area (Å²) >= 11 is 0. The van der Waals surface area contributed by atoms with Crippen LogP contribution in [0.25, 0.3) is 0 Å². The third kappa shape index (κ3) is 6.27. The third-order valence-electron chi connectivity index (χ3n) is 2.91. The summed E-state index contributed by atoms with van der Waals surface area (Å²) < 4.78 is 27.5. The zero-order valence-electron chi connectivity index (χ0n) is 12.1. The van der Waals surface area contributed by atoms with Crippen LogP contribution in [0.2, 0.25) is 0 Å². The number of rotatable bonds is 7. The van der Waals surface area contributed by atoms with Crippen molar-refractivity contribution in [1.82, 2.24) is 19.7 Å². The number of nitrogens with zero attached hydrogens (tertiary/aromatic N) is 1. The molecule has 2 amide bonds. The molecule has 1 unspecified atom stereocenters. The van der Waals surface area contributed by atoms with Crippen LogP contribution in [-0.4, -0.2) is 62.6 Å². The molecule has 122 valence electrons. The Balaban J connectivity index is 2.24. The topological polar surface area (TPSA) is 128 Å². The van der Waals surface area contributed by atoms with Gasteiger partial charge in [0.15, 0.2) is 0 Å². The molecule has 10 heteroatoms. The fourth-order valence-corrected chi connectivity index (χ4v) is 3.04. The summed E-state index contributed by atoms with van der Waals surface area (Å²) in [6.45, 7) is 4.17. The van der Waals surface area contributed by atoms with Gasteiger partial charge in [-0.2, -0.15) is 13.1 Å². The van der Waals surface area contributed by atoms with E-state index in [2.05, 4.69) is 14.8 Å². The van der Waals surface area contributed by atoms with Gasteiger partial charge in [0.25, 0.3) is 10.2 Å². The summed E-state index contributed by atoms with van der Waals surface area (Å²) in [5.41, 5.74) is 0. The zero-order valence-corrected chi connectivity index (χ0v) is 12.9. The molecule has 1 aliphatic heterocycles. The number of likely N-dealkylation sites (tertiary alicyclic amines) is 1. The highest BCUT2D eigenvalue weighted by molar-refractivity contribution is 7.87. The Morgan fingerprint density at radius 1 is 1.33 bits per heavy atom. The molecular formula is C11H22N4O5S. The number of carboxylic acid groups (broad SMARTS) is 1. The molecule has 21 heavy (non-hydrogen) atoms. The van der Waals surface area contributed by atoms with Gasteiger partial charge in [0.05, 0.1) is 5.92 Å². The zero-order chi connectivity index (χ0) is 16.0. The second kappa shape index (κ2) is 7.57. The summed E-state index contributed by atoms with van der Waals surface area (Å²) in [5.74, 6) is -1.43. The molecule has 9 nitrogen and oxygen atoms in total. The molecule has 1 heterocycles. The van der Waals surface area contributed by atoms with Crippen molar-refractivity contribution < 1.29 is 23.1 Å². The minimum absolute atomic E-state index is 0.0595. The van der Waals surface area contributed by atoms with Gasteiger partial charge in [-0.3, -0.25) is 4.79 Å². The highest BCUT2D eigenvalue weighted by Crippen LogP contribution is 2.15. The number of carbonyl (C=O) groups excluding carboxylic acids is 1. The summed E-state index contributed by atoms with van der Waals surface area (Å²) in [5, 5.41) is 11.4. The Labute approximate surface area is 124 Å². The minimum Gasteiger partial charge on any atom is -0.481 e. The first-order valence-corrected chi connectivity index (χ1v) is 8.22. The molecule has 1 saturated heterocycles. The number of hydrogen-bond donors (Lipinski definition) is 4. The molecule has 0 bridgehead atoms. The number of hydrogen-bond acceptors (Lipinski definition) is 4. The molecule has 0 aromatic carbocycles. The molecule has 0 aromatic heterocycles. The van der Waals surface area contributed by atoms with Gasteiger partial charge < -0.3 is 15.3 Å². The number of nitrogens with one attached hydrogen (secondary N) is 3. The lowest BCUT2D eigenvalue weighted by molar-refractivity contribution is -0.141. The van der Waals surface area contributed by atoms with Crippen molar-refractivity contribution in [2.24, 2.45) is 5.92 Å². The average molecular weight is 322 g/mol. The van der Waals surface area contributed by atoms with E-state index >= 15 is 0 Å². The number of urea groups is 1. The first kappa shape index (κ1) is 17.7. The molecule has 0 radical (unpaired) electrons. The molecule has 1 fully saturated rings. The standard InChI is InChI=1S/C11H22N4O5S/c1-8(2)14-21(19,20)13-5-4-12-11(18)15-6-3-9(7-15)10(16)17/h8-9,13-14H,3-7H2,1-2H3,(H,12,18)(H,16,17). The van der Waals surface area contributed by atoms with Gasteiger partial charge in [-0.15, -0.1) is 0 Å². The average Bonchev–Trinajstić information content (AvgIpc) is 2.82. The lowest BCUT2D eigenvalue weighted by atomic mass is 10.1. The van der Waals surface area contributed by atoms with Gasteiger partial charge in [0, 0.05) is 32.2 Å². The van der Waals surface area contributed by atoms with Crippen molar-refractivity contribution in [1.29, 1.82) is 0 Å². The first-order valence-electron chi connectivity index (χ1n) is 6.74. The van der Waals surface area contributed by atoms with Crippen LogP contribution >= 0.6 is 0 Å². The van der Waals surface area contributed by atoms with Gasteiger partial charge in [-0.1, -0.05) is 0 Å². The van der Waals surface area contributed by atoms with E-state index in [9.17, 15) is 18.0 Å². The van der Waals surface area contributed by atoms with E-state index in [1.54, 1.807) is 13.8 Å². The fraction of sp³-hybridized carbons (Fsp3) is 0.818.